The highest BCUT2D eigenvalue weighted by molar-refractivity contribution is 5.99. The van der Waals surface area contributed by atoms with Gasteiger partial charge in [-0.2, -0.15) is 5.26 Å². The number of nitriles is 1. The number of hydrogen-bond acceptors (Lipinski definition) is 7. The Bertz CT molecular complexity index is 1510. The zero-order valence-corrected chi connectivity index (χ0v) is 21.9. The maximum absolute atomic E-state index is 13.6. The fourth-order valence-corrected chi connectivity index (χ4v) is 4.53. The number of anilines is 2. The zero-order chi connectivity index (χ0) is 27.7. The molecule has 0 bridgehead atoms. The molecule has 0 spiro atoms. The smallest absolute Gasteiger partial charge is 0.255 e. The number of pyridine rings is 2. The summed E-state index contributed by atoms with van der Waals surface area (Å²) in [4.78, 5) is 24.7. The molecule has 1 saturated heterocycles. The number of aromatic nitrogens is 2. The molecule has 1 amide bonds. The van der Waals surface area contributed by atoms with Gasteiger partial charge in [0.1, 0.15) is 17.5 Å². The van der Waals surface area contributed by atoms with Gasteiger partial charge in [-0.05, 0) is 53.9 Å². The third-order valence-corrected chi connectivity index (χ3v) is 6.66. The number of rotatable bonds is 9. The minimum atomic E-state index is -0.293. The van der Waals surface area contributed by atoms with Crippen LogP contribution in [0.2, 0.25) is 0 Å². The third-order valence-electron chi connectivity index (χ3n) is 6.66. The molecule has 1 aliphatic heterocycles. The Labute approximate surface area is 232 Å². The number of halogens is 1. The Kier molecular flexibility index (Phi) is 8.59. The molecule has 0 aliphatic carbocycles. The van der Waals surface area contributed by atoms with Crippen LogP contribution in [0.15, 0.2) is 79.0 Å². The molecular formula is C31H29FN6O2. The Morgan fingerprint density at radius 2 is 1.88 bits per heavy atom. The number of benzene rings is 2. The first-order valence-corrected chi connectivity index (χ1v) is 13.2. The van der Waals surface area contributed by atoms with Crippen molar-refractivity contribution in [1.29, 1.82) is 5.26 Å². The van der Waals surface area contributed by atoms with Crippen LogP contribution in [-0.4, -0.2) is 48.7 Å². The average Bonchev–Trinajstić information content (AvgIpc) is 3.00. The highest BCUT2D eigenvalue weighted by atomic mass is 19.1. The molecule has 9 heteroatoms. The minimum Gasteiger partial charge on any atom is -0.378 e. The first kappa shape index (κ1) is 26.8. The number of ether oxygens (including phenoxy) is 1. The van der Waals surface area contributed by atoms with E-state index in [1.54, 1.807) is 36.5 Å². The number of nitrogens with one attached hydrogen (secondary N) is 2. The molecule has 202 valence electrons. The second-order valence-electron chi connectivity index (χ2n) is 9.36. The molecule has 0 unspecified atom stereocenters. The number of carbonyl (C=O) groups excluding carboxylic acids is 1. The van der Waals surface area contributed by atoms with Crippen LogP contribution in [0.3, 0.4) is 0 Å². The summed E-state index contributed by atoms with van der Waals surface area (Å²) in [6.45, 7) is 3.73. The van der Waals surface area contributed by atoms with E-state index in [0.29, 0.717) is 60.9 Å². The topological polar surface area (TPSA) is 103 Å². The maximum atomic E-state index is 13.6. The third kappa shape index (κ3) is 6.60. The predicted molar refractivity (Wildman–Crippen MR) is 151 cm³/mol. The molecule has 40 heavy (non-hydrogen) atoms. The number of morpholine rings is 1. The van der Waals surface area contributed by atoms with Crippen molar-refractivity contribution in [3.05, 3.63) is 107 Å². The molecule has 5 rings (SSSR count). The van der Waals surface area contributed by atoms with Crippen molar-refractivity contribution in [1.82, 2.24) is 15.3 Å². The van der Waals surface area contributed by atoms with Crippen molar-refractivity contribution in [3.63, 3.8) is 0 Å². The summed E-state index contributed by atoms with van der Waals surface area (Å²) >= 11 is 0. The van der Waals surface area contributed by atoms with Gasteiger partial charge in [0.15, 0.2) is 0 Å². The van der Waals surface area contributed by atoms with E-state index in [9.17, 15) is 14.4 Å². The molecule has 4 aromatic rings. The fourth-order valence-electron chi connectivity index (χ4n) is 4.53. The van der Waals surface area contributed by atoms with Gasteiger partial charge in [0.2, 0.25) is 0 Å². The minimum absolute atomic E-state index is 0.293. The lowest BCUT2D eigenvalue weighted by molar-refractivity contribution is 0.0951. The Morgan fingerprint density at radius 1 is 1.02 bits per heavy atom. The van der Waals surface area contributed by atoms with Crippen LogP contribution in [0, 0.1) is 17.1 Å². The van der Waals surface area contributed by atoms with Crippen LogP contribution < -0.4 is 15.5 Å². The molecule has 3 heterocycles. The molecule has 1 fully saturated rings. The summed E-state index contributed by atoms with van der Waals surface area (Å²) in [5.74, 6) is 0.692. The number of amides is 1. The average molecular weight is 537 g/mol. The van der Waals surface area contributed by atoms with Crippen molar-refractivity contribution in [2.45, 2.75) is 13.0 Å². The van der Waals surface area contributed by atoms with E-state index in [1.165, 1.54) is 12.1 Å². The normalized spacial score (nSPS) is 12.9. The second-order valence-corrected chi connectivity index (χ2v) is 9.36. The summed E-state index contributed by atoms with van der Waals surface area (Å²) in [6.07, 6.45) is 2.31. The standard InChI is InChI=1S/C31H29FN6O2/c32-25-6-3-4-22(18-25)12-13-34-30-27(9-10-28(37-30)26-7-2-1-5-24(26)19-33)31(39)36-21-23-8-11-29(35-20-23)38-14-16-40-17-15-38/h1-11,18,20H,12-17,21H2,(H,34,37)(H,36,39). The summed E-state index contributed by atoms with van der Waals surface area (Å²) in [6, 6.07) is 23.1. The summed E-state index contributed by atoms with van der Waals surface area (Å²) < 4.78 is 19.0. The van der Waals surface area contributed by atoms with Crippen molar-refractivity contribution in [3.8, 4) is 17.3 Å². The lowest BCUT2D eigenvalue weighted by atomic mass is 10.0. The molecule has 2 aromatic heterocycles. The number of nitrogens with zero attached hydrogens (tertiary/aromatic N) is 4. The van der Waals surface area contributed by atoms with E-state index >= 15 is 0 Å². The van der Waals surface area contributed by atoms with Crippen molar-refractivity contribution in [2.75, 3.05) is 43.1 Å². The van der Waals surface area contributed by atoms with Crippen molar-refractivity contribution < 1.29 is 13.9 Å². The highest BCUT2D eigenvalue weighted by Gasteiger charge is 2.16. The van der Waals surface area contributed by atoms with Crippen LogP contribution >= 0.6 is 0 Å². The monoisotopic (exact) mass is 536 g/mol. The van der Waals surface area contributed by atoms with Crippen LogP contribution in [-0.2, 0) is 17.7 Å². The number of carbonyl (C=O) groups is 1. The van der Waals surface area contributed by atoms with Crippen LogP contribution in [0.5, 0.6) is 0 Å². The van der Waals surface area contributed by atoms with Crippen LogP contribution in [0.25, 0.3) is 11.3 Å². The molecule has 1 aliphatic rings. The van der Waals surface area contributed by atoms with Gasteiger partial charge in [0.25, 0.3) is 5.91 Å². The molecule has 2 N–H and O–H groups in total. The zero-order valence-electron chi connectivity index (χ0n) is 21.9. The van der Waals surface area contributed by atoms with Crippen molar-refractivity contribution in [2.24, 2.45) is 0 Å². The Balaban J connectivity index is 1.32. The van der Waals surface area contributed by atoms with Crippen LogP contribution in [0.4, 0.5) is 16.0 Å². The first-order valence-electron chi connectivity index (χ1n) is 13.2. The van der Waals surface area contributed by atoms with Crippen LogP contribution in [0.1, 0.15) is 27.0 Å². The fraction of sp³-hybridized carbons (Fsp3) is 0.226. The molecule has 0 radical (unpaired) electrons. The van der Waals surface area contributed by atoms with Gasteiger partial charge in [-0.3, -0.25) is 4.79 Å². The maximum Gasteiger partial charge on any atom is 0.255 e. The Morgan fingerprint density at radius 3 is 2.65 bits per heavy atom. The van der Waals surface area contributed by atoms with E-state index in [1.807, 2.05) is 30.3 Å². The summed E-state index contributed by atoms with van der Waals surface area (Å²) in [5.41, 5.74) is 3.82. The van der Waals surface area contributed by atoms with Gasteiger partial charge in [0.05, 0.1) is 36.1 Å². The predicted octanol–water partition coefficient (Wildman–Crippen LogP) is 4.58. The highest BCUT2D eigenvalue weighted by Crippen LogP contribution is 2.25. The molecule has 0 saturated carbocycles. The summed E-state index contributed by atoms with van der Waals surface area (Å²) in [7, 11) is 0. The van der Waals surface area contributed by atoms with Gasteiger partial charge in [0, 0.05) is 37.9 Å². The van der Waals surface area contributed by atoms with Gasteiger partial charge >= 0.3 is 0 Å². The lowest BCUT2D eigenvalue weighted by Crippen LogP contribution is -2.36. The van der Waals surface area contributed by atoms with Gasteiger partial charge in [-0.1, -0.05) is 36.4 Å². The van der Waals surface area contributed by atoms with Gasteiger partial charge < -0.3 is 20.3 Å². The number of hydrogen-bond donors (Lipinski definition) is 2. The van der Waals surface area contributed by atoms with Gasteiger partial charge in [-0.15, -0.1) is 0 Å². The molecule has 0 atom stereocenters. The van der Waals surface area contributed by atoms with E-state index < -0.39 is 0 Å². The van der Waals surface area contributed by atoms with E-state index in [4.69, 9.17) is 9.72 Å². The van der Waals surface area contributed by atoms with E-state index in [-0.39, 0.29) is 11.7 Å². The Hall–Kier alpha value is -4.81. The second kappa shape index (κ2) is 12.8. The quantitative estimate of drug-likeness (QED) is 0.323. The first-order chi connectivity index (χ1) is 19.6. The molecular weight excluding hydrogens is 507 g/mol. The van der Waals surface area contributed by atoms with Crippen molar-refractivity contribution >= 4 is 17.5 Å². The largest absolute Gasteiger partial charge is 0.378 e. The van der Waals surface area contributed by atoms with E-state index in [2.05, 4.69) is 26.6 Å². The molecule has 8 nitrogen and oxygen atoms in total. The lowest BCUT2D eigenvalue weighted by Gasteiger charge is -2.27. The van der Waals surface area contributed by atoms with E-state index in [0.717, 1.165) is 30.0 Å². The summed E-state index contributed by atoms with van der Waals surface area (Å²) in [5, 5.41) is 15.8. The molecule has 2 aromatic carbocycles. The van der Waals surface area contributed by atoms with Gasteiger partial charge in [-0.25, -0.2) is 14.4 Å². The SMILES string of the molecule is N#Cc1ccccc1-c1ccc(C(=O)NCc2ccc(N3CCOCC3)nc2)c(NCCc2cccc(F)c2)n1.